The molecule has 1 rings (SSSR count). The molecule has 0 saturated heterocycles. The lowest BCUT2D eigenvalue weighted by molar-refractivity contribution is -0.385. The van der Waals surface area contributed by atoms with E-state index in [1.54, 1.807) is 23.1 Å². The van der Waals surface area contributed by atoms with Crippen LogP contribution >= 0.6 is 0 Å². The predicted octanol–water partition coefficient (Wildman–Crippen LogP) is 2.59. The molecule has 0 aromatic heterocycles. The fourth-order valence-corrected chi connectivity index (χ4v) is 2.02. The molecular formula is C14H22N2O4. The van der Waals surface area contributed by atoms with E-state index in [9.17, 15) is 10.1 Å². The standard InChI is InChI=1S/C14H22N2O4/c1-4-10-20-13-7-5-6-12(14(13)16(18)19)15(8-9-17)11(2)3/h5-7,11,17H,4,8-10H2,1-3H3. The Morgan fingerprint density at radius 3 is 2.65 bits per heavy atom. The first-order chi connectivity index (χ1) is 9.52. The number of nitro groups is 1. The smallest absolute Gasteiger partial charge is 0.333 e. The molecule has 0 bridgehead atoms. The number of hydrogen-bond donors (Lipinski definition) is 1. The molecule has 0 aliphatic rings. The van der Waals surface area contributed by atoms with Crippen LogP contribution in [0.2, 0.25) is 0 Å². The molecule has 0 atom stereocenters. The maximum Gasteiger partial charge on any atom is 0.333 e. The highest BCUT2D eigenvalue weighted by Gasteiger charge is 2.26. The lowest BCUT2D eigenvalue weighted by atomic mass is 10.2. The predicted molar refractivity (Wildman–Crippen MR) is 78.5 cm³/mol. The highest BCUT2D eigenvalue weighted by atomic mass is 16.6. The summed E-state index contributed by atoms with van der Waals surface area (Å²) in [5, 5.41) is 20.5. The molecule has 0 aliphatic heterocycles. The van der Waals surface area contributed by atoms with Gasteiger partial charge in [-0.25, -0.2) is 0 Å². The molecular weight excluding hydrogens is 260 g/mol. The Bertz CT molecular complexity index is 449. The number of anilines is 1. The normalized spacial score (nSPS) is 10.7. The lowest BCUT2D eigenvalue weighted by Crippen LogP contribution is -2.34. The second kappa shape index (κ2) is 7.69. The van der Waals surface area contributed by atoms with Crippen LogP contribution in [-0.4, -0.2) is 35.8 Å². The topological polar surface area (TPSA) is 75.8 Å². The molecule has 1 aromatic carbocycles. The zero-order valence-electron chi connectivity index (χ0n) is 12.2. The van der Waals surface area contributed by atoms with Gasteiger partial charge in [0.05, 0.1) is 18.1 Å². The van der Waals surface area contributed by atoms with E-state index < -0.39 is 4.92 Å². The summed E-state index contributed by atoms with van der Waals surface area (Å²) in [6.07, 6.45) is 0.784. The fraction of sp³-hybridized carbons (Fsp3) is 0.571. The van der Waals surface area contributed by atoms with Crippen molar-refractivity contribution in [2.75, 3.05) is 24.7 Å². The average molecular weight is 282 g/mol. The number of benzene rings is 1. The molecule has 0 unspecified atom stereocenters. The van der Waals surface area contributed by atoms with Crippen LogP contribution in [0.4, 0.5) is 11.4 Å². The number of aliphatic hydroxyl groups is 1. The van der Waals surface area contributed by atoms with Gasteiger partial charge in [0.25, 0.3) is 0 Å². The van der Waals surface area contributed by atoms with Gasteiger partial charge in [-0.1, -0.05) is 13.0 Å². The van der Waals surface area contributed by atoms with Crippen LogP contribution in [0.5, 0.6) is 5.75 Å². The summed E-state index contributed by atoms with van der Waals surface area (Å²) in [5.74, 6) is 0.276. The maximum absolute atomic E-state index is 11.4. The van der Waals surface area contributed by atoms with Gasteiger partial charge in [0.2, 0.25) is 0 Å². The minimum atomic E-state index is -0.424. The van der Waals surface area contributed by atoms with Gasteiger partial charge in [-0.15, -0.1) is 0 Å². The van der Waals surface area contributed by atoms with Crippen molar-refractivity contribution in [1.29, 1.82) is 0 Å². The van der Waals surface area contributed by atoms with Gasteiger partial charge in [-0.3, -0.25) is 10.1 Å². The van der Waals surface area contributed by atoms with Crippen molar-refractivity contribution in [2.24, 2.45) is 0 Å². The van der Waals surface area contributed by atoms with Crippen molar-refractivity contribution in [3.8, 4) is 5.75 Å². The quantitative estimate of drug-likeness (QED) is 0.586. The largest absolute Gasteiger partial charge is 0.487 e. The van der Waals surface area contributed by atoms with Crippen molar-refractivity contribution < 1.29 is 14.8 Å². The summed E-state index contributed by atoms with van der Waals surface area (Å²) < 4.78 is 5.47. The number of nitro benzene ring substituents is 1. The van der Waals surface area contributed by atoms with Gasteiger partial charge in [0, 0.05) is 12.6 Å². The van der Waals surface area contributed by atoms with Gasteiger partial charge < -0.3 is 14.7 Å². The number of nitrogens with zero attached hydrogens (tertiary/aromatic N) is 2. The molecule has 0 spiro atoms. The average Bonchev–Trinajstić information content (AvgIpc) is 2.41. The Kier molecular flexibility index (Phi) is 6.24. The van der Waals surface area contributed by atoms with E-state index in [-0.39, 0.29) is 24.1 Å². The summed E-state index contributed by atoms with van der Waals surface area (Å²) in [6, 6.07) is 5.07. The molecule has 6 heteroatoms. The molecule has 0 saturated carbocycles. The van der Waals surface area contributed by atoms with E-state index in [2.05, 4.69) is 0 Å². The van der Waals surface area contributed by atoms with Crippen LogP contribution < -0.4 is 9.64 Å². The molecule has 0 aliphatic carbocycles. The molecule has 0 radical (unpaired) electrons. The van der Waals surface area contributed by atoms with Gasteiger partial charge in [-0.05, 0) is 32.4 Å². The molecule has 6 nitrogen and oxygen atoms in total. The second-order valence-electron chi connectivity index (χ2n) is 4.74. The van der Waals surface area contributed by atoms with Crippen LogP contribution in [0.1, 0.15) is 27.2 Å². The Morgan fingerprint density at radius 2 is 2.15 bits per heavy atom. The minimum absolute atomic E-state index is 0.0388. The number of para-hydroxylation sites is 1. The lowest BCUT2D eigenvalue weighted by Gasteiger charge is -2.28. The number of rotatable bonds is 8. The van der Waals surface area contributed by atoms with Crippen molar-refractivity contribution in [3.63, 3.8) is 0 Å². The van der Waals surface area contributed by atoms with E-state index in [1.165, 1.54) is 0 Å². The first-order valence-corrected chi connectivity index (χ1v) is 6.80. The van der Waals surface area contributed by atoms with Crippen molar-refractivity contribution in [2.45, 2.75) is 33.2 Å². The summed E-state index contributed by atoms with van der Waals surface area (Å²) in [7, 11) is 0. The zero-order valence-corrected chi connectivity index (χ0v) is 12.2. The maximum atomic E-state index is 11.4. The Balaban J connectivity index is 3.26. The summed E-state index contributed by atoms with van der Waals surface area (Å²) in [5.41, 5.74) is 0.441. The first kappa shape index (κ1) is 16.2. The highest BCUT2D eigenvalue weighted by molar-refractivity contribution is 5.70. The van der Waals surface area contributed by atoms with Crippen LogP contribution in [0.25, 0.3) is 0 Å². The van der Waals surface area contributed by atoms with Gasteiger partial charge in [0.1, 0.15) is 5.69 Å². The summed E-state index contributed by atoms with van der Waals surface area (Å²) >= 11 is 0. The SMILES string of the molecule is CCCOc1cccc(N(CCO)C(C)C)c1[N+](=O)[O-]. The third-order valence-corrected chi connectivity index (χ3v) is 2.90. The molecule has 1 aromatic rings. The van der Waals surface area contributed by atoms with Gasteiger partial charge in [-0.2, -0.15) is 0 Å². The van der Waals surface area contributed by atoms with E-state index in [0.717, 1.165) is 6.42 Å². The number of ether oxygens (including phenoxy) is 1. The Morgan fingerprint density at radius 1 is 1.45 bits per heavy atom. The van der Waals surface area contributed by atoms with E-state index in [0.29, 0.717) is 18.8 Å². The van der Waals surface area contributed by atoms with Crippen LogP contribution in [0.15, 0.2) is 18.2 Å². The van der Waals surface area contributed by atoms with E-state index >= 15 is 0 Å². The van der Waals surface area contributed by atoms with Crippen molar-refractivity contribution >= 4 is 11.4 Å². The molecule has 0 heterocycles. The molecule has 112 valence electrons. The number of aliphatic hydroxyl groups excluding tert-OH is 1. The molecule has 1 N–H and O–H groups in total. The van der Waals surface area contributed by atoms with Gasteiger partial charge >= 0.3 is 5.69 Å². The van der Waals surface area contributed by atoms with Gasteiger partial charge in [0.15, 0.2) is 5.75 Å². The fourth-order valence-electron chi connectivity index (χ4n) is 2.02. The Hall–Kier alpha value is -1.82. The third kappa shape index (κ3) is 3.84. The van der Waals surface area contributed by atoms with E-state index in [4.69, 9.17) is 9.84 Å². The molecule has 0 fully saturated rings. The number of hydrogen-bond acceptors (Lipinski definition) is 5. The third-order valence-electron chi connectivity index (χ3n) is 2.90. The molecule has 20 heavy (non-hydrogen) atoms. The van der Waals surface area contributed by atoms with Crippen molar-refractivity contribution in [1.82, 2.24) is 0 Å². The Labute approximate surface area is 119 Å². The van der Waals surface area contributed by atoms with Crippen molar-refractivity contribution in [3.05, 3.63) is 28.3 Å². The van der Waals surface area contributed by atoms with E-state index in [1.807, 2.05) is 20.8 Å². The summed E-state index contributed by atoms with van der Waals surface area (Å²) in [6.45, 7) is 6.52. The minimum Gasteiger partial charge on any atom is -0.487 e. The summed E-state index contributed by atoms with van der Waals surface area (Å²) in [4.78, 5) is 12.8. The first-order valence-electron chi connectivity index (χ1n) is 6.80. The second-order valence-corrected chi connectivity index (χ2v) is 4.74. The van der Waals surface area contributed by atoms with Crippen LogP contribution in [-0.2, 0) is 0 Å². The zero-order chi connectivity index (χ0) is 15.1. The van der Waals surface area contributed by atoms with Crippen LogP contribution in [0, 0.1) is 10.1 Å². The highest BCUT2D eigenvalue weighted by Crippen LogP contribution is 2.37. The monoisotopic (exact) mass is 282 g/mol. The molecule has 0 amide bonds. The van der Waals surface area contributed by atoms with Crippen LogP contribution in [0.3, 0.4) is 0 Å².